The lowest BCUT2D eigenvalue weighted by molar-refractivity contribution is 0.286. The fraction of sp³-hybridized carbons (Fsp3) is 0.611. The van der Waals surface area contributed by atoms with Crippen molar-refractivity contribution in [2.75, 3.05) is 0 Å². The van der Waals surface area contributed by atoms with Crippen LogP contribution in [0, 0.1) is 5.92 Å². The van der Waals surface area contributed by atoms with Crippen LogP contribution in [0.25, 0.3) is 11.0 Å². The second-order valence-electron chi connectivity index (χ2n) is 6.61. The van der Waals surface area contributed by atoms with Crippen molar-refractivity contribution in [3.8, 4) is 0 Å². The van der Waals surface area contributed by atoms with Gasteiger partial charge in [0, 0.05) is 12.5 Å². The molecule has 0 radical (unpaired) electrons. The minimum Gasteiger partial charge on any atom is -0.328 e. The molecule has 0 amide bonds. The van der Waals surface area contributed by atoms with Gasteiger partial charge in [0.2, 0.25) is 0 Å². The summed E-state index contributed by atoms with van der Waals surface area (Å²) >= 11 is 0. The van der Waals surface area contributed by atoms with E-state index in [-0.39, 0.29) is 0 Å². The van der Waals surface area contributed by atoms with Gasteiger partial charge in [-0.1, -0.05) is 37.8 Å². The molecule has 1 aliphatic heterocycles. The molecular formula is C18H24N2. The van der Waals surface area contributed by atoms with Crippen LogP contribution in [0.5, 0.6) is 0 Å². The number of benzene rings is 1. The van der Waals surface area contributed by atoms with E-state index in [1.54, 1.807) is 0 Å². The maximum Gasteiger partial charge on any atom is 0.113 e. The van der Waals surface area contributed by atoms with E-state index in [0.717, 1.165) is 5.92 Å². The van der Waals surface area contributed by atoms with E-state index in [1.165, 1.54) is 74.8 Å². The Hall–Kier alpha value is -1.31. The van der Waals surface area contributed by atoms with Gasteiger partial charge in [0.1, 0.15) is 5.82 Å². The highest BCUT2D eigenvalue weighted by Crippen LogP contribution is 2.41. The molecule has 0 spiro atoms. The van der Waals surface area contributed by atoms with Crippen molar-refractivity contribution in [1.82, 2.24) is 9.55 Å². The van der Waals surface area contributed by atoms with Crippen LogP contribution < -0.4 is 0 Å². The molecule has 1 atom stereocenters. The molecule has 2 heteroatoms. The Labute approximate surface area is 121 Å². The van der Waals surface area contributed by atoms with Gasteiger partial charge in [0.25, 0.3) is 0 Å². The average molecular weight is 268 g/mol. The first-order chi connectivity index (χ1) is 9.93. The van der Waals surface area contributed by atoms with Crippen LogP contribution in [0.3, 0.4) is 0 Å². The third-order valence-electron chi connectivity index (χ3n) is 5.38. The number of fused-ring (bicyclic) bond motifs is 3. The quantitative estimate of drug-likeness (QED) is 0.720. The van der Waals surface area contributed by atoms with Gasteiger partial charge in [-0.25, -0.2) is 4.98 Å². The minimum absolute atomic E-state index is 0.713. The fourth-order valence-corrected chi connectivity index (χ4v) is 4.36. The average Bonchev–Trinajstić information content (AvgIpc) is 2.74. The number of nitrogens with zero attached hydrogens (tertiary/aromatic N) is 2. The summed E-state index contributed by atoms with van der Waals surface area (Å²) in [5.41, 5.74) is 2.55. The highest BCUT2D eigenvalue weighted by atomic mass is 15.1. The van der Waals surface area contributed by atoms with Gasteiger partial charge < -0.3 is 4.57 Å². The molecular weight excluding hydrogens is 244 g/mol. The molecule has 2 aliphatic rings. The molecule has 1 saturated carbocycles. The molecule has 4 rings (SSSR count). The van der Waals surface area contributed by atoms with Gasteiger partial charge in [-0.2, -0.15) is 0 Å². The molecule has 1 unspecified atom stereocenters. The van der Waals surface area contributed by atoms with Gasteiger partial charge in [0.05, 0.1) is 11.0 Å². The number of imidazole rings is 1. The first-order valence-electron chi connectivity index (χ1n) is 8.38. The van der Waals surface area contributed by atoms with Crippen LogP contribution in [-0.4, -0.2) is 9.55 Å². The second kappa shape index (κ2) is 5.23. The molecule has 20 heavy (non-hydrogen) atoms. The van der Waals surface area contributed by atoms with Crippen LogP contribution in [-0.2, 0) is 6.54 Å². The molecule has 2 aromatic rings. The molecule has 0 bridgehead atoms. The summed E-state index contributed by atoms with van der Waals surface area (Å²) in [7, 11) is 0. The van der Waals surface area contributed by atoms with E-state index in [2.05, 4.69) is 28.8 Å². The maximum atomic E-state index is 5.03. The molecule has 0 N–H and O–H groups in total. The summed E-state index contributed by atoms with van der Waals surface area (Å²) in [6, 6.07) is 8.69. The standard InChI is InChI=1S/C18H24N2/c1-2-8-14(9-3-1)15-10-6-7-13-20-17-12-5-4-11-16(17)19-18(15)20/h4-5,11-12,14-15H,1-3,6-10,13H2. The number of rotatable bonds is 1. The molecule has 2 nitrogen and oxygen atoms in total. The van der Waals surface area contributed by atoms with E-state index >= 15 is 0 Å². The van der Waals surface area contributed by atoms with Crippen molar-refractivity contribution in [2.45, 2.75) is 63.8 Å². The van der Waals surface area contributed by atoms with E-state index in [4.69, 9.17) is 4.98 Å². The molecule has 1 aliphatic carbocycles. The SMILES string of the molecule is c1ccc2c(c1)nc1n2CCCCC1C1CCCCC1. The van der Waals surface area contributed by atoms with Gasteiger partial charge in [-0.3, -0.25) is 0 Å². The lowest BCUT2D eigenvalue weighted by Gasteiger charge is -2.29. The van der Waals surface area contributed by atoms with E-state index < -0.39 is 0 Å². The zero-order valence-corrected chi connectivity index (χ0v) is 12.2. The van der Waals surface area contributed by atoms with Crippen molar-refractivity contribution >= 4 is 11.0 Å². The molecule has 1 fully saturated rings. The van der Waals surface area contributed by atoms with E-state index in [1.807, 2.05) is 0 Å². The first kappa shape index (κ1) is 12.4. The monoisotopic (exact) mass is 268 g/mol. The topological polar surface area (TPSA) is 17.8 Å². The van der Waals surface area contributed by atoms with Crippen LogP contribution >= 0.6 is 0 Å². The Morgan fingerprint density at radius 2 is 1.70 bits per heavy atom. The number of aromatic nitrogens is 2. The predicted octanol–water partition coefficient (Wildman–Crippen LogP) is 4.88. The highest BCUT2D eigenvalue weighted by molar-refractivity contribution is 5.76. The van der Waals surface area contributed by atoms with Gasteiger partial charge in [-0.05, 0) is 43.7 Å². The summed E-state index contributed by atoms with van der Waals surface area (Å²) in [5.74, 6) is 3.00. The van der Waals surface area contributed by atoms with Crippen LogP contribution in [0.15, 0.2) is 24.3 Å². The van der Waals surface area contributed by atoms with Crippen molar-refractivity contribution in [3.05, 3.63) is 30.1 Å². The van der Waals surface area contributed by atoms with Crippen LogP contribution in [0.2, 0.25) is 0 Å². The number of para-hydroxylation sites is 2. The summed E-state index contributed by atoms with van der Waals surface area (Å²) in [6.07, 6.45) is 11.2. The van der Waals surface area contributed by atoms with Gasteiger partial charge >= 0.3 is 0 Å². The lowest BCUT2D eigenvalue weighted by Crippen LogP contribution is -2.18. The third-order valence-corrected chi connectivity index (χ3v) is 5.38. The smallest absolute Gasteiger partial charge is 0.113 e. The van der Waals surface area contributed by atoms with Crippen molar-refractivity contribution in [2.24, 2.45) is 5.92 Å². The summed E-state index contributed by atoms with van der Waals surface area (Å²) < 4.78 is 2.53. The zero-order chi connectivity index (χ0) is 13.4. The van der Waals surface area contributed by atoms with Crippen molar-refractivity contribution in [3.63, 3.8) is 0 Å². The van der Waals surface area contributed by atoms with E-state index in [0.29, 0.717) is 5.92 Å². The number of hydrogen-bond donors (Lipinski definition) is 0. The maximum absolute atomic E-state index is 5.03. The third kappa shape index (κ3) is 2.06. The van der Waals surface area contributed by atoms with Crippen molar-refractivity contribution < 1.29 is 0 Å². The largest absolute Gasteiger partial charge is 0.328 e. The minimum atomic E-state index is 0.713. The molecule has 1 aromatic heterocycles. The fourth-order valence-electron chi connectivity index (χ4n) is 4.36. The summed E-state index contributed by atoms with van der Waals surface area (Å²) in [4.78, 5) is 5.03. The number of aryl methyl sites for hydroxylation is 1. The Morgan fingerprint density at radius 1 is 0.900 bits per heavy atom. The summed E-state index contributed by atoms with van der Waals surface area (Å²) in [6.45, 7) is 1.17. The van der Waals surface area contributed by atoms with Gasteiger partial charge in [-0.15, -0.1) is 0 Å². The van der Waals surface area contributed by atoms with Crippen molar-refractivity contribution in [1.29, 1.82) is 0 Å². The van der Waals surface area contributed by atoms with Gasteiger partial charge in [0.15, 0.2) is 0 Å². The Bertz CT molecular complexity index is 592. The zero-order valence-electron chi connectivity index (χ0n) is 12.2. The summed E-state index contributed by atoms with van der Waals surface area (Å²) in [5, 5.41) is 0. The molecule has 2 heterocycles. The lowest BCUT2D eigenvalue weighted by atomic mass is 9.78. The Balaban J connectivity index is 1.78. The van der Waals surface area contributed by atoms with E-state index in [9.17, 15) is 0 Å². The van der Waals surface area contributed by atoms with Crippen LogP contribution in [0.1, 0.15) is 63.1 Å². The first-order valence-corrected chi connectivity index (χ1v) is 8.38. The normalized spacial score (nSPS) is 24.5. The number of hydrogen-bond acceptors (Lipinski definition) is 1. The molecule has 106 valence electrons. The molecule has 1 aromatic carbocycles. The Kier molecular flexibility index (Phi) is 3.25. The Morgan fingerprint density at radius 3 is 2.60 bits per heavy atom. The van der Waals surface area contributed by atoms with Crippen LogP contribution in [0.4, 0.5) is 0 Å². The second-order valence-corrected chi connectivity index (χ2v) is 6.61. The highest BCUT2D eigenvalue weighted by Gasteiger charge is 2.30. The predicted molar refractivity (Wildman–Crippen MR) is 82.9 cm³/mol. The molecule has 0 saturated heterocycles.